The van der Waals surface area contributed by atoms with Crippen LogP contribution in [0.5, 0.6) is 0 Å². The van der Waals surface area contributed by atoms with Gasteiger partial charge in [-0.25, -0.2) is 0 Å². The minimum Gasteiger partial charge on any atom is -0.370 e. The Bertz CT molecular complexity index is 553. The molecule has 10 nitrogen and oxygen atoms in total. The third-order valence-corrected chi connectivity index (χ3v) is 5.23. The maximum absolute atomic E-state index is 5.86. The summed E-state index contributed by atoms with van der Waals surface area (Å²) in [7, 11) is 0. The fourth-order valence-corrected chi connectivity index (χ4v) is 3.23. The normalized spacial score (nSPS) is 13.0. The van der Waals surface area contributed by atoms with Crippen LogP contribution in [-0.4, -0.2) is 50.0 Å². The summed E-state index contributed by atoms with van der Waals surface area (Å²) in [5.41, 5.74) is 23.4. The highest BCUT2D eigenvalue weighted by molar-refractivity contribution is 5.97. The Balaban J connectivity index is 0. The lowest BCUT2D eigenvalue weighted by molar-refractivity contribution is 0.638. The molecule has 0 radical (unpaired) electrons. The Morgan fingerprint density at radius 3 is 0.886 bits per heavy atom. The molecule has 0 aromatic rings. The van der Waals surface area contributed by atoms with Gasteiger partial charge in [0.2, 0.25) is 0 Å². The van der Waals surface area contributed by atoms with Gasteiger partial charge in [0.15, 0.2) is 23.8 Å². The topological polar surface area (TPSA) is 178 Å². The number of nitrogens with zero attached hydrogens (tertiary/aromatic N) is 4. The molecule has 0 aliphatic carbocycles. The van der Waals surface area contributed by atoms with Gasteiger partial charge >= 0.3 is 0 Å². The van der Waals surface area contributed by atoms with Gasteiger partial charge in [0.1, 0.15) is 0 Å². The molecule has 0 fully saturated rings. The quantitative estimate of drug-likeness (QED) is 0.0869. The van der Waals surface area contributed by atoms with Crippen molar-refractivity contribution in [2.45, 2.75) is 104 Å². The molecular weight excluding hydrogens is 464 g/mol. The van der Waals surface area contributed by atoms with Gasteiger partial charge in [0.25, 0.3) is 0 Å². The maximum Gasteiger partial charge on any atom is 0.195 e. The summed E-state index contributed by atoms with van der Waals surface area (Å²) in [5, 5.41) is 5.68. The molecule has 0 atom stereocenters. The molecule has 11 heteroatoms. The van der Waals surface area contributed by atoms with Crippen molar-refractivity contribution in [2.75, 3.05) is 26.2 Å². The summed E-state index contributed by atoms with van der Waals surface area (Å²) >= 11 is 0. The lowest BCUT2D eigenvalue weighted by Gasteiger charge is -2.06. The molecule has 0 aliphatic rings. The SMILES string of the molecule is CCCCCCCN=C(N)NC(N)=NCCCCCCN=C(N)NC(N)=NCCCCCCC.Cl. The highest BCUT2D eigenvalue weighted by Crippen LogP contribution is 2.03. The molecule has 0 spiro atoms. The van der Waals surface area contributed by atoms with Crippen molar-refractivity contribution in [1.29, 1.82) is 0 Å². The lowest BCUT2D eigenvalue weighted by Crippen LogP contribution is -2.41. The molecular formula is C24H53ClN10. The maximum atomic E-state index is 5.86. The smallest absolute Gasteiger partial charge is 0.195 e. The molecule has 0 amide bonds. The predicted molar refractivity (Wildman–Crippen MR) is 155 cm³/mol. The van der Waals surface area contributed by atoms with Crippen molar-refractivity contribution in [3.05, 3.63) is 0 Å². The van der Waals surface area contributed by atoms with Crippen molar-refractivity contribution in [1.82, 2.24) is 10.6 Å². The Hall–Kier alpha value is -2.23. The van der Waals surface area contributed by atoms with E-state index in [2.05, 4.69) is 44.5 Å². The van der Waals surface area contributed by atoms with E-state index in [0.717, 1.165) is 51.6 Å². The number of halogens is 1. The number of guanidine groups is 4. The largest absolute Gasteiger partial charge is 0.370 e. The van der Waals surface area contributed by atoms with Crippen LogP contribution in [0, 0.1) is 0 Å². The van der Waals surface area contributed by atoms with E-state index in [9.17, 15) is 0 Å². The fourth-order valence-electron chi connectivity index (χ4n) is 3.23. The zero-order valence-electron chi connectivity index (χ0n) is 22.2. The van der Waals surface area contributed by atoms with Gasteiger partial charge in [-0.05, 0) is 25.7 Å². The molecule has 35 heavy (non-hydrogen) atoms. The molecule has 10 N–H and O–H groups in total. The van der Waals surface area contributed by atoms with Gasteiger partial charge in [-0.1, -0.05) is 78.1 Å². The molecule has 0 aromatic heterocycles. The van der Waals surface area contributed by atoms with E-state index in [0.29, 0.717) is 36.9 Å². The Morgan fingerprint density at radius 2 is 0.657 bits per heavy atom. The first-order valence-electron chi connectivity index (χ1n) is 13.2. The van der Waals surface area contributed by atoms with Gasteiger partial charge < -0.3 is 22.9 Å². The lowest BCUT2D eigenvalue weighted by atomic mass is 10.2. The summed E-state index contributed by atoms with van der Waals surface area (Å²) in [6, 6.07) is 0. The van der Waals surface area contributed by atoms with Crippen LogP contribution in [0.2, 0.25) is 0 Å². The average Bonchev–Trinajstić information content (AvgIpc) is 2.80. The van der Waals surface area contributed by atoms with Gasteiger partial charge in [-0.2, -0.15) is 0 Å². The summed E-state index contributed by atoms with van der Waals surface area (Å²) in [5.74, 6) is 1.30. The summed E-state index contributed by atoms with van der Waals surface area (Å²) in [6.45, 7) is 7.16. The number of unbranched alkanes of at least 4 members (excludes halogenated alkanes) is 11. The Kier molecular flexibility index (Phi) is 26.3. The first-order chi connectivity index (χ1) is 16.5. The predicted octanol–water partition coefficient (Wildman–Crippen LogP) is 3.35. The van der Waals surface area contributed by atoms with Crippen molar-refractivity contribution in [2.24, 2.45) is 42.9 Å². The number of nitrogens with one attached hydrogen (secondary N) is 2. The van der Waals surface area contributed by atoms with E-state index >= 15 is 0 Å². The molecule has 0 aromatic carbocycles. The van der Waals surface area contributed by atoms with Crippen LogP contribution in [0.1, 0.15) is 104 Å². The summed E-state index contributed by atoms with van der Waals surface area (Å²) < 4.78 is 0. The molecule has 0 saturated carbocycles. The zero-order chi connectivity index (χ0) is 25.3. The first-order valence-corrected chi connectivity index (χ1v) is 13.2. The van der Waals surface area contributed by atoms with Gasteiger partial charge in [0, 0.05) is 26.2 Å². The second-order valence-electron chi connectivity index (χ2n) is 8.56. The van der Waals surface area contributed by atoms with E-state index in [1.165, 1.54) is 51.4 Å². The van der Waals surface area contributed by atoms with Crippen LogP contribution in [0.15, 0.2) is 20.0 Å². The van der Waals surface area contributed by atoms with Crippen LogP contribution >= 0.6 is 12.4 Å². The minimum atomic E-state index is 0. The second kappa shape index (κ2) is 26.4. The van der Waals surface area contributed by atoms with Crippen LogP contribution in [0.3, 0.4) is 0 Å². The third-order valence-electron chi connectivity index (χ3n) is 5.23. The Labute approximate surface area is 219 Å². The molecule has 0 unspecified atom stereocenters. The summed E-state index contributed by atoms with van der Waals surface area (Å²) in [6.07, 6.45) is 16.0. The number of aliphatic imine (C=N–C) groups is 4. The van der Waals surface area contributed by atoms with Crippen molar-refractivity contribution >= 4 is 36.2 Å². The van der Waals surface area contributed by atoms with Crippen molar-refractivity contribution in [3.63, 3.8) is 0 Å². The minimum absolute atomic E-state index is 0. The number of hydrogen-bond donors (Lipinski definition) is 6. The zero-order valence-corrected chi connectivity index (χ0v) is 23.1. The van der Waals surface area contributed by atoms with E-state index < -0.39 is 0 Å². The molecule has 206 valence electrons. The highest BCUT2D eigenvalue weighted by atomic mass is 35.5. The van der Waals surface area contributed by atoms with Crippen LogP contribution < -0.4 is 33.6 Å². The standard InChI is InChI=1S/C24H52N10.ClH/c1-3-5-7-9-13-17-29-21(25)33-23(27)31-19-15-11-12-16-20-32-24(28)34-22(26)30-18-14-10-8-6-4-2;/h3-20H2,1-2H3,(H5,25,27,29,31,33)(H5,26,28,30,32,34);1H. The van der Waals surface area contributed by atoms with E-state index in [1.807, 2.05) is 0 Å². The molecule has 0 aliphatic heterocycles. The van der Waals surface area contributed by atoms with Gasteiger partial charge in [-0.3, -0.25) is 30.6 Å². The van der Waals surface area contributed by atoms with Crippen LogP contribution in [0.25, 0.3) is 0 Å². The Morgan fingerprint density at radius 1 is 0.429 bits per heavy atom. The fraction of sp³-hybridized carbons (Fsp3) is 0.833. The molecule has 0 heterocycles. The summed E-state index contributed by atoms with van der Waals surface area (Å²) in [4.78, 5) is 17.1. The van der Waals surface area contributed by atoms with Gasteiger partial charge in [-0.15, -0.1) is 12.4 Å². The van der Waals surface area contributed by atoms with E-state index in [1.54, 1.807) is 0 Å². The number of nitrogens with two attached hydrogens (primary N) is 4. The van der Waals surface area contributed by atoms with Crippen LogP contribution in [0.4, 0.5) is 0 Å². The monoisotopic (exact) mass is 516 g/mol. The number of hydrogen-bond acceptors (Lipinski definition) is 4. The van der Waals surface area contributed by atoms with Crippen molar-refractivity contribution in [3.8, 4) is 0 Å². The van der Waals surface area contributed by atoms with Crippen LogP contribution in [-0.2, 0) is 0 Å². The average molecular weight is 517 g/mol. The third kappa shape index (κ3) is 26.2. The first kappa shape index (κ1) is 34.9. The number of rotatable bonds is 19. The molecule has 0 saturated heterocycles. The molecule has 0 rings (SSSR count). The van der Waals surface area contributed by atoms with E-state index in [-0.39, 0.29) is 12.4 Å². The second-order valence-corrected chi connectivity index (χ2v) is 8.56. The van der Waals surface area contributed by atoms with Crippen molar-refractivity contribution < 1.29 is 0 Å². The van der Waals surface area contributed by atoms with E-state index in [4.69, 9.17) is 22.9 Å². The van der Waals surface area contributed by atoms with Gasteiger partial charge in [0.05, 0.1) is 0 Å². The molecule has 0 bridgehead atoms. The highest BCUT2D eigenvalue weighted by Gasteiger charge is 1.97.